The number of ketones is 1. The number of Topliss-reactive ketones (excluding diaryl/α,β-unsaturated/α-hetero) is 1. The Morgan fingerprint density at radius 3 is 2.11 bits per heavy atom. The lowest BCUT2D eigenvalue weighted by Crippen LogP contribution is -2.27. The van der Waals surface area contributed by atoms with Crippen LogP contribution < -0.4 is 14.2 Å². The number of hydrogen-bond acceptors (Lipinski definition) is 7. The fraction of sp³-hybridized carbons (Fsp3) is 0.263. The molecular weight excluding hydrogens is 386 g/mol. The van der Waals surface area contributed by atoms with Gasteiger partial charge in [-0.15, -0.1) is 0 Å². The van der Waals surface area contributed by atoms with Gasteiger partial charge in [0.1, 0.15) is 11.5 Å². The number of methoxy groups -OCH3 is 1. The van der Waals surface area contributed by atoms with Crippen LogP contribution in [0.25, 0.3) is 0 Å². The molecule has 0 aliphatic heterocycles. The zero-order chi connectivity index (χ0) is 20.7. The Morgan fingerprint density at radius 1 is 1.00 bits per heavy atom. The monoisotopic (exact) mass is 407 g/mol. The SMILES string of the molecule is COc1ccc(OCC(=O)O[C@@H](C)C(=O)c2ccc(NS(C)(=O)=O)cc2)cc1. The van der Waals surface area contributed by atoms with Crippen molar-refractivity contribution in [3.05, 3.63) is 54.1 Å². The van der Waals surface area contributed by atoms with Crippen LogP contribution in [0.4, 0.5) is 5.69 Å². The molecule has 2 rings (SSSR count). The minimum Gasteiger partial charge on any atom is -0.497 e. The van der Waals surface area contributed by atoms with Gasteiger partial charge in [0.2, 0.25) is 15.8 Å². The van der Waals surface area contributed by atoms with Gasteiger partial charge >= 0.3 is 5.97 Å². The maximum Gasteiger partial charge on any atom is 0.344 e. The smallest absolute Gasteiger partial charge is 0.344 e. The van der Waals surface area contributed by atoms with Crippen molar-refractivity contribution in [3.8, 4) is 11.5 Å². The van der Waals surface area contributed by atoms with Crippen molar-refractivity contribution in [3.63, 3.8) is 0 Å². The number of ether oxygens (including phenoxy) is 3. The summed E-state index contributed by atoms with van der Waals surface area (Å²) in [5.41, 5.74) is 0.618. The average Bonchev–Trinajstić information content (AvgIpc) is 2.65. The molecule has 8 nitrogen and oxygen atoms in total. The molecule has 0 spiro atoms. The highest BCUT2D eigenvalue weighted by atomic mass is 32.2. The minimum atomic E-state index is -3.40. The first-order valence-electron chi connectivity index (χ1n) is 8.26. The molecule has 150 valence electrons. The number of rotatable bonds is 9. The third-order valence-electron chi connectivity index (χ3n) is 3.57. The van der Waals surface area contributed by atoms with Gasteiger partial charge in [-0.05, 0) is 55.5 Å². The highest BCUT2D eigenvalue weighted by molar-refractivity contribution is 7.92. The maximum atomic E-state index is 12.4. The van der Waals surface area contributed by atoms with E-state index in [9.17, 15) is 18.0 Å². The van der Waals surface area contributed by atoms with Crippen molar-refractivity contribution >= 4 is 27.5 Å². The quantitative estimate of drug-likeness (QED) is 0.502. The topological polar surface area (TPSA) is 108 Å². The summed E-state index contributed by atoms with van der Waals surface area (Å²) in [5, 5.41) is 0. The molecule has 9 heteroatoms. The Kier molecular flexibility index (Phi) is 7.00. The first-order valence-corrected chi connectivity index (χ1v) is 10.2. The van der Waals surface area contributed by atoms with Crippen LogP contribution in [0.1, 0.15) is 17.3 Å². The van der Waals surface area contributed by atoms with Crippen molar-refractivity contribution in [2.45, 2.75) is 13.0 Å². The van der Waals surface area contributed by atoms with Crippen molar-refractivity contribution in [2.24, 2.45) is 0 Å². The largest absolute Gasteiger partial charge is 0.497 e. The Balaban J connectivity index is 1.87. The van der Waals surface area contributed by atoms with E-state index < -0.39 is 27.9 Å². The van der Waals surface area contributed by atoms with E-state index >= 15 is 0 Å². The van der Waals surface area contributed by atoms with Crippen LogP contribution in [0.2, 0.25) is 0 Å². The summed E-state index contributed by atoms with van der Waals surface area (Å²) in [5.74, 6) is 0.0216. The van der Waals surface area contributed by atoms with Crippen LogP contribution in [0.5, 0.6) is 11.5 Å². The molecule has 1 atom stereocenters. The number of carbonyl (C=O) groups excluding carboxylic acids is 2. The van der Waals surface area contributed by atoms with Crippen LogP contribution in [-0.4, -0.2) is 46.2 Å². The standard InChI is InChI=1S/C19H21NO7S/c1-13(19(22)14-4-6-15(7-5-14)20-28(3,23)24)27-18(21)12-26-17-10-8-16(25-2)9-11-17/h4-11,13,20H,12H2,1-3H3/t13-/m0/s1. The summed E-state index contributed by atoms with van der Waals surface area (Å²) in [6.07, 6.45) is 0.0161. The lowest BCUT2D eigenvalue weighted by Gasteiger charge is -2.13. The van der Waals surface area contributed by atoms with E-state index in [1.165, 1.54) is 31.2 Å². The lowest BCUT2D eigenvalue weighted by atomic mass is 10.1. The van der Waals surface area contributed by atoms with Crippen molar-refractivity contribution in [1.82, 2.24) is 0 Å². The molecular formula is C19H21NO7S. The molecule has 0 saturated carbocycles. The highest BCUT2D eigenvalue weighted by Gasteiger charge is 2.20. The molecule has 0 saturated heterocycles. The summed E-state index contributed by atoms with van der Waals surface area (Å²) < 4.78 is 40.1. The third-order valence-corrected chi connectivity index (χ3v) is 4.17. The second kappa shape index (κ2) is 9.23. The second-order valence-corrected chi connectivity index (χ2v) is 7.66. The normalized spacial score (nSPS) is 12.0. The third kappa shape index (κ3) is 6.58. The zero-order valence-corrected chi connectivity index (χ0v) is 16.5. The molecule has 2 aromatic rings. The van der Waals surface area contributed by atoms with Crippen molar-refractivity contribution in [2.75, 3.05) is 24.7 Å². The van der Waals surface area contributed by atoms with E-state index in [4.69, 9.17) is 14.2 Å². The predicted molar refractivity (Wildman–Crippen MR) is 103 cm³/mol. The Labute approximate surface area is 163 Å². The van der Waals surface area contributed by atoms with Gasteiger partial charge in [-0.1, -0.05) is 0 Å². The molecule has 0 unspecified atom stereocenters. The van der Waals surface area contributed by atoms with Crippen LogP contribution in [-0.2, 0) is 19.6 Å². The van der Waals surface area contributed by atoms with Crippen molar-refractivity contribution in [1.29, 1.82) is 0 Å². The molecule has 0 radical (unpaired) electrons. The highest BCUT2D eigenvalue weighted by Crippen LogP contribution is 2.17. The lowest BCUT2D eigenvalue weighted by molar-refractivity contribution is -0.148. The van der Waals surface area contributed by atoms with Crippen LogP contribution in [0.15, 0.2) is 48.5 Å². The molecule has 1 N–H and O–H groups in total. The first-order chi connectivity index (χ1) is 13.2. The van der Waals surface area contributed by atoms with Crippen molar-refractivity contribution < 1.29 is 32.2 Å². The molecule has 0 aliphatic carbocycles. The predicted octanol–water partition coefficient (Wildman–Crippen LogP) is 2.26. The van der Waals surface area contributed by atoms with Gasteiger partial charge in [-0.25, -0.2) is 13.2 Å². The Morgan fingerprint density at radius 2 is 1.57 bits per heavy atom. The summed E-state index contributed by atoms with van der Waals surface area (Å²) in [6, 6.07) is 12.5. The van der Waals surface area contributed by atoms with E-state index in [-0.39, 0.29) is 12.2 Å². The van der Waals surface area contributed by atoms with Gasteiger partial charge in [0.15, 0.2) is 12.7 Å². The molecule has 0 bridgehead atoms. The van der Waals surface area contributed by atoms with Crippen LogP contribution >= 0.6 is 0 Å². The summed E-state index contributed by atoms with van der Waals surface area (Å²) in [7, 11) is -1.86. The molecule has 0 amide bonds. The number of benzene rings is 2. The van der Waals surface area contributed by atoms with Gasteiger partial charge in [0.05, 0.1) is 13.4 Å². The van der Waals surface area contributed by atoms with E-state index in [0.717, 1.165) is 6.26 Å². The average molecular weight is 407 g/mol. The number of carbonyl (C=O) groups is 2. The summed E-state index contributed by atoms with van der Waals surface area (Å²) in [6.45, 7) is 1.11. The van der Waals surface area contributed by atoms with Crippen LogP contribution in [0.3, 0.4) is 0 Å². The Hall–Kier alpha value is -3.07. The fourth-order valence-electron chi connectivity index (χ4n) is 2.25. The maximum absolute atomic E-state index is 12.4. The second-order valence-electron chi connectivity index (χ2n) is 5.91. The zero-order valence-electron chi connectivity index (χ0n) is 15.7. The number of nitrogens with one attached hydrogen (secondary N) is 1. The molecule has 0 fully saturated rings. The molecule has 0 aromatic heterocycles. The number of anilines is 1. The van der Waals surface area contributed by atoms with E-state index in [1.807, 2.05) is 0 Å². The van der Waals surface area contributed by atoms with Gasteiger partial charge in [0.25, 0.3) is 0 Å². The van der Waals surface area contributed by atoms with Gasteiger partial charge in [0, 0.05) is 11.3 Å². The van der Waals surface area contributed by atoms with Crippen LogP contribution in [0, 0.1) is 0 Å². The number of sulfonamides is 1. The van der Waals surface area contributed by atoms with Gasteiger partial charge in [-0.2, -0.15) is 0 Å². The Bertz CT molecular complexity index is 922. The number of esters is 1. The van der Waals surface area contributed by atoms with E-state index in [1.54, 1.807) is 31.4 Å². The summed E-state index contributed by atoms with van der Waals surface area (Å²) >= 11 is 0. The molecule has 2 aromatic carbocycles. The van der Waals surface area contributed by atoms with E-state index in [2.05, 4.69) is 4.72 Å². The van der Waals surface area contributed by atoms with E-state index in [0.29, 0.717) is 17.2 Å². The minimum absolute atomic E-state index is 0.287. The summed E-state index contributed by atoms with van der Waals surface area (Å²) in [4.78, 5) is 24.2. The molecule has 0 aliphatic rings. The fourth-order valence-corrected chi connectivity index (χ4v) is 2.81. The molecule has 28 heavy (non-hydrogen) atoms. The van der Waals surface area contributed by atoms with Gasteiger partial charge < -0.3 is 14.2 Å². The first kappa shape index (κ1) is 21.2. The number of hydrogen-bond donors (Lipinski definition) is 1. The molecule has 0 heterocycles. The van der Waals surface area contributed by atoms with Gasteiger partial charge in [-0.3, -0.25) is 9.52 Å².